The summed E-state index contributed by atoms with van der Waals surface area (Å²) in [6.45, 7) is 1.42. The van der Waals surface area contributed by atoms with Crippen LogP contribution in [0.1, 0.15) is 12.7 Å². The number of carbonyl (C=O) groups excluding carboxylic acids is 1. The van der Waals surface area contributed by atoms with E-state index in [-0.39, 0.29) is 4.32 Å². The molecule has 3 rings (SSSR count). The molecule has 1 amide bonds. The summed E-state index contributed by atoms with van der Waals surface area (Å²) < 4.78 is 11.1. The Bertz CT molecular complexity index is 901. The lowest BCUT2D eigenvalue weighted by atomic mass is 10.2. The van der Waals surface area contributed by atoms with Gasteiger partial charge in [-0.3, -0.25) is 9.69 Å². The number of aliphatic carboxylic acids is 1. The highest BCUT2D eigenvalue weighted by molar-refractivity contribution is 8.26. The van der Waals surface area contributed by atoms with Gasteiger partial charge in [-0.15, -0.1) is 0 Å². The maximum Gasteiger partial charge on any atom is 0.326 e. The van der Waals surface area contributed by atoms with Crippen molar-refractivity contribution in [1.82, 2.24) is 4.90 Å². The van der Waals surface area contributed by atoms with Gasteiger partial charge in [-0.25, -0.2) is 4.79 Å². The molecule has 2 heterocycles. The summed E-state index contributed by atoms with van der Waals surface area (Å²) in [6, 6.07) is 9.93. The number of hydrogen-bond donors (Lipinski definition) is 1. The largest absolute Gasteiger partial charge is 0.497 e. The molecule has 1 fully saturated rings. The first-order chi connectivity index (χ1) is 12.4. The Kier molecular flexibility index (Phi) is 5.15. The first-order valence-electron chi connectivity index (χ1n) is 7.65. The number of benzene rings is 1. The SMILES string of the molecule is COc1ccc(-c2ccc(C=C3SC(=S)N(C(C)C(=O)O)C3=O)o2)cc1. The number of carboxylic acids is 1. The van der Waals surface area contributed by atoms with Gasteiger partial charge in [0, 0.05) is 11.6 Å². The van der Waals surface area contributed by atoms with Gasteiger partial charge in [-0.05, 0) is 43.3 Å². The van der Waals surface area contributed by atoms with Crippen LogP contribution in [0.2, 0.25) is 0 Å². The van der Waals surface area contributed by atoms with Crippen molar-refractivity contribution >= 4 is 46.3 Å². The molecule has 1 saturated heterocycles. The van der Waals surface area contributed by atoms with Crippen LogP contribution >= 0.6 is 24.0 Å². The quantitative estimate of drug-likeness (QED) is 0.618. The summed E-state index contributed by atoms with van der Waals surface area (Å²) in [4.78, 5) is 25.0. The highest BCUT2D eigenvalue weighted by atomic mass is 32.2. The van der Waals surface area contributed by atoms with Gasteiger partial charge in [-0.2, -0.15) is 0 Å². The Morgan fingerprint density at radius 1 is 1.31 bits per heavy atom. The van der Waals surface area contributed by atoms with Gasteiger partial charge in [0.2, 0.25) is 0 Å². The van der Waals surface area contributed by atoms with Crippen LogP contribution in [0.15, 0.2) is 45.7 Å². The molecular weight excluding hydrogens is 374 g/mol. The number of carboxylic acid groups (broad SMARTS) is 1. The number of nitrogens with zero attached hydrogens (tertiary/aromatic N) is 1. The Labute approximate surface area is 159 Å². The van der Waals surface area contributed by atoms with Gasteiger partial charge in [-0.1, -0.05) is 24.0 Å². The number of hydrogen-bond acceptors (Lipinski definition) is 6. The molecule has 134 valence electrons. The second-order valence-corrected chi connectivity index (χ2v) is 7.17. The normalized spacial score (nSPS) is 17.0. The Morgan fingerprint density at radius 2 is 2.00 bits per heavy atom. The number of thioether (sulfide) groups is 1. The summed E-state index contributed by atoms with van der Waals surface area (Å²) >= 11 is 6.19. The zero-order chi connectivity index (χ0) is 18.8. The molecule has 1 unspecified atom stereocenters. The first kappa shape index (κ1) is 18.2. The van der Waals surface area contributed by atoms with Gasteiger partial charge in [0.15, 0.2) is 0 Å². The highest BCUT2D eigenvalue weighted by Gasteiger charge is 2.38. The van der Waals surface area contributed by atoms with E-state index in [2.05, 4.69) is 0 Å². The van der Waals surface area contributed by atoms with E-state index in [1.165, 1.54) is 6.92 Å². The predicted octanol–water partition coefficient (Wildman–Crippen LogP) is 3.63. The Morgan fingerprint density at radius 3 is 2.62 bits per heavy atom. The van der Waals surface area contributed by atoms with Crippen molar-refractivity contribution in [1.29, 1.82) is 0 Å². The second-order valence-electron chi connectivity index (χ2n) is 5.50. The molecule has 0 aliphatic carbocycles. The lowest BCUT2D eigenvalue weighted by Crippen LogP contribution is -2.41. The maximum absolute atomic E-state index is 12.4. The van der Waals surface area contributed by atoms with E-state index in [4.69, 9.17) is 26.5 Å². The standard InChI is InChI=1S/C18H15NO5S2/c1-10(17(21)22)19-16(20)15(26-18(19)25)9-13-7-8-14(24-13)11-3-5-12(23-2)6-4-11/h3-10H,1-2H3,(H,21,22). The van der Waals surface area contributed by atoms with E-state index in [1.54, 1.807) is 25.3 Å². The van der Waals surface area contributed by atoms with Gasteiger partial charge in [0.05, 0.1) is 12.0 Å². The zero-order valence-corrected chi connectivity index (χ0v) is 15.6. The summed E-state index contributed by atoms with van der Waals surface area (Å²) in [5, 5.41) is 9.11. The van der Waals surface area contributed by atoms with Crippen LogP contribution in [0.4, 0.5) is 0 Å². The molecule has 0 saturated carbocycles. The minimum atomic E-state index is -1.11. The van der Waals surface area contributed by atoms with Crippen LogP contribution in [-0.2, 0) is 9.59 Å². The van der Waals surface area contributed by atoms with Crippen LogP contribution in [0.25, 0.3) is 17.4 Å². The lowest BCUT2D eigenvalue weighted by molar-refractivity contribution is -0.144. The molecule has 1 N–H and O–H groups in total. The minimum absolute atomic E-state index is 0.220. The summed E-state index contributed by atoms with van der Waals surface area (Å²) in [5.41, 5.74) is 0.873. The van der Waals surface area contributed by atoms with Gasteiger partial charge >= 0.3 is 5.97 Å². The molecule has 1 aromatic carbocycles. The molecule has 8 heteroatoms. The molecular formula is C18H15NO5S2. The van der Waals surface area contributed by atoms with Gasteiger partial charge in [0.25, 0.3) is 5.91 Å². The molecule has 1 aromatic heterocycles. The van der Waals surface area contributed by atoms with Crippen LogP contribution in [0.5, 0.6) is 5.75 Å². The fraction of sp³-hybridized carbons (Fsp3) is 0.167. The van der Waals surface area contributed by atoms with Crippen molar-refractivity contribution in [2.24, 2.45) is 0 Å². The third kappa shape index (κ3) is 3.51. The molecule has 26 heavy (non-hydrogen) atoms. The average molecular weight is 389 g/mol. The number of thiocarbonyl (C=S) groups is 1. The van der Waals surface area contributed by atoms with Crippen molar-refractivity contribution in [2.45, 2.75) is 13.0 Å². The van der Waals surface area contributed by atoms with Crippen LogP contribution in [0.3, 0.4) is 0 Å². The first-order valence-corrected chi connectivity index (χ1v) is 8.87. The smallest absolute Gasteiger partial charge is 0.326 e. The maximum atomic E-state index is 12.4. The van der Waals surface area contributed by atoms with Crippen molar-refractivity contribution in [3.05, 3.63) is 47.1 Å². The van der Waals surface area contributed by atoms with E-state index >= 15 is 0 Å². The van der Waals surface area contributed by atoms with E-state index in [0.717, 1.165) is 28.0 Å². The van der Waals surface area contributed by atoms with Crippen molar-refractivity contribution in [3.63, 3.8) is 0 Å². The average Bonchev–Trinajstić information content (AvgIpc) is 3.19. The number of rotatable bonds is 5. The molecule has 1 atom stereocenters. The van der Waals surface area contributed by atoms with E-state index < -0.39 is 17.9 Å². The predicted molar refractivity (Wildman–Crippen MR) is 103 cm³/mol. The number of carbonyl (C=O) groups is 2. The number of methoxy groups -OCH3 is 1. The zero-order valence-electron chi connectivity index (χ0n) is 14.0. The Balaban J connectivity index is 1.82. The van der Waals surface area contributed by atoms with Gasteiger partial charge < -0.3 is 14.3 Å². The molecule has 0 bridgehead atoms. The van der Waals surface area contributed by atoms with E-state index in [1.807, 2.05) is 24.3 Å². The second kappa shape index (κ2) is 7.35. The third-order valence-electron chi connectivity index (χ3n) is 3.84. The molecule has 6 nitrogen and oxygen atoms in total. The summed E-state index contributed by atoms with van der Waals surface area (Å²) in [5.74, 6) is 0.337. The minimum Gasteiger partial charge on any atom is -0.497 e. The number of ether oxygens (including phenoxy) is 1. The highest BCUT2D eigenvalue weighted by Crippen LogP contribution is 2.35. The van der Waals surface area contributed by atoms with E-state index in [9.17, 15) is 9.59 Å². The van der Waals surface area contributed by atoms with Crippen molar-refractivity contribution < 1.29 is 23.8 Å². The van der Waals surface area contributed by atoms with Crippen LogP contribution in [0, 0.1) is 0 Å². The van der Waals surface area contributed by atoms with Crippen molar-refractivity contribution in [3.8, 4) is 17.1 Å². The summed E-state index contributed by atoms with van der Waals surface area (Å²) in [7, 11) is 1.60. The van der Waals surface area contributed by atoms with E-state index in [0.29, 0.717) is 16.4 Å². The molecule has 0 spiro atoms. The van der Waals surface area contributed by atoms with Crippen molar-refractivity contribution in [2.75, 3.05) is 7.11 Å². The lowest BCUT2D eigenvalue weighted by Gasteiger charge is -2.18. The molecule has 1 aliphatic heterocycles. The van der Waals surface area contributed by atoms with Gasteiger partial charge in [0.1, 0.15) is 27.6 Å². The fourth-order valence-electron chi connectivity index (χ4n) is 2.39. The third-order valence-corrected chi connectivity index (χ3v) is 5.17. The molecule has 0 radical (unpaired) electrons. The summed E-state index contributed by atoms with van der Waals surface area (Å²) in [6.07, 6.45) is 1.57. The molecule has 1 aliphatic rings. The molecule has 2 aromatic rings. The fourth-order valence-corrected chi connectivity index (χ4v) is 3.79. The van der Waals surface area contributed by atoms with Crippen LogP contribution < -0.4 is 4.74 Å². The Hall–Kier alpha value is -2.58. The van der Waals surface area contributed by atoms with Crippen LogP contribution in [-0.4, -0.2) is 39.4 Å². The number of furan rings is 1. The monoisotopic (exact) mass is 389 g/mol. The topological polar surface area (TPSA) is 80.0 Å². The number of amides is 1.